The molecule has 2 aromatic carbocycles. The highest BCUT2D eigenvalue weighted by molar-refractivity contribution is 7.99. The van der Waals surface area contributed by atoms with Gasteiger partial charge in [-0.3, -0.25) is 4.79 Å². The molecular formula is C21H22N2O5S. The van der Waals surface area contributed by atoms with Crippen molar-refractivity contribution in [2.45, 2.75) is 18.6 Å². The van der Waals surface area contributed by atoms with Crippen LogP contribution in [0.15, 0.2) is 46.0 Å². The Kier molecular flexibility index (Phi) is 6.77. The van der Waals surface area contributed by atoms with E-state index in [2.05, 4.69) is 17.1 Å². The average molecular weight is 414 g/mol. The molecule has 0 aliphatic heterocycles. The molecule has 8 heteroatoms. The first-order valence-electron chi connectivity index (χ1n) is 8.98. The standard InChI is InChI=1S/C21H22N2O5S/c1-5-13-6-8-14(9-7-13)16(24)12-29-21-23-22-20(28-21)15-10-17(25-2)19(27-4)18(11-15)26-3/h6-11H,5,12H2,1-4H3. The second-order valence-corrected chi connectivity index (χ2v) is 6.98. The Labute approximate surface area is 173 Å². The van der Waals surface area contributed by atoms with Gasteiger partial charge in [0.1, 0.15) is 0 Å². The van der Waals surface area contributed by atoms with E-state index in [1.54, 1.807) is 12.1 Å². The van der Waals surface area contributed by atoms with Gasteiger partial charge in [-0.05, 0) is 24.1 Å². The second kappa shape index (κ2) is 9.47. The summed E-state index contributed by atoms with van der Waals surface area (Å²) in [6.07, 6.45) is 0.939. The Morgan fingerprint density at radius 3 is 2.21 bits per heavy atom. The monoisotopic (exact) mass is 414 g/mol. The number of hydrogen-bond acceptors (Lipinski definition) is 8. The van der Waals surface area contributed by atoms with Gasteiger partial charge in [0.05, 0.1) is 27.1 Å². The smallest absolute Gasteiger partial charge is 0.277 e. The van der Waals surface area contributed by atoms with Crippen molar-refractivity contribution in [3.05, 3.63) is 47.5 Å². The van der Waals surface area contributed by atoms with Crippen molar-refractivity contribution in [2.24, 2.45) is 0 Å². The van der Waals surface area contributed by atoms with Crippen LogP contribution in [0.1, 0.15) is 22.8 Å². The normalized spacial score (nSPS) is 10.6. The molecule has 0 aliphatic carbocycles. The number of benzene rings is 2. The maximum absolute atomic E-state index is 12.4. The van der Waals surface area contributed by atoms with E-state index in [1.807, 2.05) is 24.3 Å². The van der Waals surface area contributed by atoms with Gasteiger partial charge in [-0.15, -0.1) is 10.2 Å². The van der Waals surface area contributed by atoms with E-state index >= 15 is 0 Å². The van der Waals surface area contributed by atoms with Crippen LogP contribution in [0.3, 0.4) is 0 Å². The second-order valence-electron chi connectivity index (χ2n) is 6.05. The van der Waals surface area contributed by atoms with E-state index in [0.29, 0.717) is 39.5 Å². The Hall–Kier alpha value is -3.00. The van der Waals surface area contributed by atoms with Gasteiger partial charge in [0.25, 0.3) is 5.22 Å². The quantitative estimate of drug-likeness (QED) is 0.379. The summed E-state index contributed by atoms with van der Waals surface area (Å²) in [6, 6.07) is 11.1. The van der Waals surface area contributed by atoms with Crippen LogP contribution in [0.5, 0.6) is 17.2 Å². The Bertz CT molecular complexity index is 960. The minimum absolute atomic E-state index is 0.00480. The molecule has 0 unspecified atom stereocenters. The van der Waals surface area contributed by atoms with Crippen molar-refractivity contribution in [1.82, 2.24) is 10.2 Å². The van der Waals surface area contributed by atoms with Gasteiger partial charge in [0, 0.05) is 11.1 Å². The Balaban J connectivity index is 1.73. The number of nitrogens with zero attached hydrogens (tertiary/aromatic N) is 2. The van der Waals surface area contributed by atoms with E-state index in [4.69, 9.17) is 18.6 Å². The molecule has 152 valence electrons. The largest absolute Gasteiger partial charge is 0.493 e. The van der Waals surface area contributed by atoms with Gasteiger partial charge >= 0.3 is 0 Å². The van der Waals surface area contributed by atoms with Crippen molar-refractivity contribution in [3.63, 3.8) is 0 Å². The van der Waals surface area contributed by atoms with Gasteiger partial charge in [-0.25, -0.2) is 0 Å². The number of thioether (sulfide) groups is 1. The summed E-state index contributed by atoms with van der Waals surface area (Å²) in [5.74, 6) is 1.96. The number of Topliss-reactive ketones (excluding diaryl/α,β-unsaturated/α-hetero) is 1. The van der Waals surface area contributed by atoms with Gasteiger partial charge in [-0.2, -0.15) is 0 Å². The third-order valence-electron chi connectivity index (χ3n) is 4.33. The molecule has 3 rings (SSSR count). The van der Waals surface area contributed by atoms with Crippen LogP contribution in [0, 0.1) is 0 Å². The molecule has 1 aromatic heterocycles. The fraction of sp³-hybridized carbons (Fsp3) is 0.286. The highest BCUT2D eigenvalue weighted by Gasteiger charge is 2.18. The lowest BCUT2D eigenvalue weighted by Crippen LogP contribution is -2.02. The first-order valence-corrected chi connectivity index (χ1v) is 9.97. The lowest BCUT2D eigenvalue weighted by atomic mass is 10.1. The molecule has 0 radical (unpaired) electrons. The number of ether oxygens (including phenoxy) is 3. The summed E-state index contributed by atoms with van der Waals surface area (Å²) < 4.78 is 21.7. The zero-order valence-corrected chi connectivity index (χ0v) is 17.5. The van der Waals surface area contributed by atoms with E-state index in [-0.39, 0.29) is 11.5 Å². The molecule has 0 saturated heterocycles. The average Bonchev–Trinajstić information content (AvgIpc) is 3.25. The third kappa shape index (κ3) is 4.71. The fourth-order valence-corrected chi connectivity index (χ4v) is 3.38. The van der Waals surface area contributed by atoms with Crippen LogP contribution in [-0.2, 0) is 6.42 Å². The zero-order valence-electron chi connectivity index (χ0n) is 16.7. The Morgan fingerprint density at radius 2 is 1.66 bits per heavy atom. The SMILES string of the molecule is CCc1ccc(C(=O)CSc2nnc(-c3cc(OC)c(OC)c(OC)c3)o2)cc1. The summed E-state index contributed by atoms with van der Waals surface area (Å²) in [4.78, 5) is 12.4. The molecular weight excluding hydrogens is 392 g/mol. The summed E-state index contributed by atoms with van der Waals surface area (Å²) in [6.45, 7) is 2.08. The van der Waals surface area contributed by atoms with Gasteiger partial charge < -0.3 is 18.6 Å². The number of hydrogen-bond donors (Lipinski definition) is 0. The molecule has 1 heterocycles. The minimum Gasteiger partial charge on any atom is -0.493 e. The summed E-state index contributed by atoms with van der Waals surface area (Å²) in [7, 11) is 4.61. The summed E-state index contributed by atoms with van der Waals surface area (Å²) in [5.41, 5.74) is 2.49. The molecule has 0 N–H and O–H groups in total. The van der Waals surface area contributed by atoms with E-state index in [9.17, 15) is 4.79 Å². The van der Waals surface area contributed by atoms with Crippen LogP contribution in [0.4, 0.5) is 0 Å². The lowest BCUT2D eigenvalue weighted by molar-refractivity contribution is 0.102. The molecule has 29 heavy (non-hydrogen) atoms. The molecule has 3 aromatic rings. The molecule has 0 spiro atoms. The first kappa shape index (κ1) is 20.7. The van der Waals surface area contributed by atoms with Gasteiger partial charge in [-0.1, -0.05) is 43.0 Å². The van der Waals surface area contributed by atoms with Crippen molar-refractivity contribution < 1.29 is 23.4 Å². The van der Waals surface area contributed by atoms with Crippen LogP contribution >= 0.6 is 11.8 Å². The van der Waals surface area contributed by atoms with Crippen molar-refractivity contribution >= 4 is 17.5 Å². The predicted octanol–water partition coefficient (Wildman–Crippen LogP) is 4.30. The maximum Gasteiger partial charge on any atom is 0.277 e. The number of carbonyl (C=O) groups is 1. The number of methoxy groups -OCH3 is 3. The molecule has 0 atom stereocenters. The topological polar surface area (TPSA) is 83.7 Å². The highest BCUT2D eigenvalue weighted by Crippen LogP contribution is 2.41. The summed E-state index contributed by atoms with van der Waals surface area (Å²) in [5, 5.41) is 8.40. The number of ketones is 1. The molecule has 0 fully saturated rings. The zero-order chi connectivity index (χ0) is 20.8. The van der Waals surface area contributed by atoms with Crippen molar-refractivity contribution in [1.29, 1.82) is 0 Å². The van der Waals surface area contributed by atoms with E-state index in [0.717, 1.165) is 6.42 Å². The van der Waals surface area contributed by atoms with Crippen LogP contribution in [-0.4, -0.2) is 43.1 Å². The van der Waals surface area contributed by atoms with Gasteiger partial charge in [0.15, 0.2) is 17.3 Å². The molecule has 0 aliphatic rings. The van der Waals surface area contributed by atoms with Crippen molar-refractivity contribution in [2.75, 3.05) is 27.1 Å². The van der Waals surface area contributed by atoms with E-state index in [1.165, 1.54) is 38.7 Å². The number of aryl methyl sites for hydroxylation is 1. The maximum atomic E-state index is 12.4. The number of carbonyl (C=O) groups excluding carboxylic acids is 1. The fourth-order valence-electron chi connectivity index (χ4n) is 2.73. The number of aromatic nitrogens is 2. The summed E-state index contributed by atoms with van der Waals surface area (Å²) >= 11 is 1.20. The van der Waals surface area contributed by atoms with Crippen LogP contribution in [0.2, 0.25) is 0 Å². The van der Waals surface area contributed by atoms with Crippen molar-refractivity contribution in [3.8, 4) is 28.7 Å². The first-order chi connectivity index (χ1) is 14.1. The minimum atomic E-state index is 0.00480. The lowest BCUT2D eigenvalue weighted by Gasteiger charge is -2.12. The molecule has 7 nitrogen and oxygen atoms in total. The predicted molar refractivity (Wildman–Crippen MR) is 110 cm³/mol. The van der Waals surface area contributed by atoms with Crippen LogP contribution in [0.25, 0.3) is 11.5 Å². The van der Waals surface area contributed by atoms with Gasteiger partial charge in [0.2, 0.25) is 11.6 Å². The third-order valence-corrected chi connectivity index (χ3v) is 5.15. The molecule has 0 saturated carbocycles. The highest BCUT2D eigenvalue weighted by atomic mass is 32.2. The Morgan fingerprint density at radius 1 is 1.00 bits per heavy atom. The molecule has 0 amide bonds. The van der Waals surface area contributed by atoms with E-state index < -0.39 is 0 Å². The number of rotatable bonds is 9. The molecule has 0 bridgehead atoms. The van der Waals surface area contributed by atoms with Crippen LogP contribution < -0.4 is 14.2 Å².